The molecule has 0 spiro atoms. The van der Waals surface area contributed by atoms with E-state index in [1.165, 1.54) is 0 Å². The van der Waals surface area contributed by atoms with Crippen molar-refractivity contribution in [2.75, 3.05) is 26.2 Å². The summed E-state index contributed by atoms with van der Waals surface area (Å²) in [5.74, 6) is 0.554. The fourth-order valence-electron chi connectivity index (χ4n) is 1.83. The predicted molar refractivity (Wildman–Crippen MR) is 91.6 cm³/mol. The summed E-state index contributed by atoms with van der Waals surface area (Å²) >= 11 is 0. The van der Waals surface area contributed by atoms with Crippen LogP contribution in [0.3, 0.4) is 0 Å². The number of rotatable bonds is 3. The summed E-state index contributed by atoms with van der Waals surface area (Å²) in [5, 5.41) is 0. The van der Waals surface area contributed by atoms with Gasteiger partial charge in [0, 0.05) is 26.2 Å². The molecule has 0 atom stereocenters. The SMILES string of the molecule is CCN(CC)C(N)=NC1CN(C(=O)OC(C)(C)C)C1.I. The summed E-state index contributed by atoms with van der Waals surface area (Å²) in [7, 11) is 0. The highest BCUT2D eigenvalue weighted by Crippen LogP contribution is 2.17. The molecule has 0 saturated carbocycles. The molecule has 0 aromatic heterocycles. The summed E-state index contributed by atoms with van der Waals surface area (Å²) in [6.45, 7) is 12.5. The Labute approximate surface area is 138 Å². The number of halogens is 1. The third-order valence-corrected chi connectivity index (χ3v) is 2.92. The number of guanidine groups is 1. The zero-order valence-corrected chi connectivity index (χ0v) is 15.4. The highest BCUT2D eigenvalue weighted by molar-refractivity contribution is 14.0. The lowest BCUT2D eigenvalue weighted by Crippen LogP contribution is -2.55. The first kappa shape index (κ1) is 19.3. The highest BCUT2D eigenvalue weighted by Gasteiger charge is 2.33. The average Bonchev–Trinajstić information content (AvgIpc) is 2.21. The van der Waals surface area contributed by atoms with Crippen molar-refractivity contribution in [3.63, 3.8) is 0 Å². The van der Waals surface area contributed by atoms with Crippen LogP contribution in [0.2, 0.25) is 0 Å². The Bertz CT molecular complexity index is 345. The van der Waals surface area contributed by atoms with Gasteiger partial charge in [0.2, 0.25) is 0 Å². The van der Waals surface area contributed by atoms with Crippen LogP contribution in [0.15, 0.2) is 4.99 Å². The smallest absolute Gasteiger partial charge is 0.410 e. The van der Waals surface area contributed by atoms with Gasteiger partial charge in [-0.3, -0.25) is 0 Å². The van der Waals surface area contributed by atoms with Crippen LogP contribution in [0.1, 0.15) is 34.6 Å². The predicted octanol–water partition coefficient (Wildman–Crippen LogP) is 1.88. The van der Waals surface area contributed by atoms with Crippen LogP contribution in [0.4, 0.5) is 4.79 Å². The summed E-state index contributed by atoms with van der Waals surface area (Å²) in [5.41, 5.74) is 5.46. The number of nitrogens with zero attached hydrogens (tertiary/aromatic N) is 3. The van der Waals surface area contributed by atoms with Crippen molar-refractivity contribution in [2.45, 2.75) is 46.3 Å². The minimum Gasteiger partial charge on any atom is -0.444 e. The van der Waals surface area contributed by atoms with E-state index in [2.05, 4.69) is 4.99 Å². The fourth-order valence-corrected chi connectivity index (χ4v) is 1.83. The molecule has 0 radical (unpaired) electrons. The first-order valence-corrected chi connectivity index (χ1v) is 6.83. The van der Waals surface area contributed by atoms with Gasteiger partial charge in [-0.1, -0.05) is 0 Å². The number of carbonyl (C=O) groups is 1. The molecule has 1 rings (SSSR count). The standard InChI is InChI=1S/C13H26N4O2.HI/c1-6-16(7-2)11(14)15-10-8-17(9-10)12(18)19-13(3,4)5;/h10H,6-9H2,1-5H3,(H2,14,15);1H. The van der Waals surface area contributed by atoms with Crippen LogP contribution in [0.25, 0.3) is 0 Å². The van der Waals surface area contributed by atoms with Crippen molar-refractivity contribution in [1.82, 2.24) is 9.80 Å². The van der Waals surface area contributed by atoms with E-state index < -0.39 is 5.60 Å². The van der Waals surface area contributed by atoms with Crippen LogP contribution in [0.5, 0.6) is 0 Å². The van der Waals surface area contributed by atoms with Crippen LogP contribution >= 0.6 is 24.0 Å². The molecule has 0 aromatic carbocycles. The monoisotopic (exact) mass is 398 g/mol. The second-order valence-electron chi connectivity index (χ2n) is 5.70. The Morgan fingerprint density at radius 3 is 2.25 bits per heavy atom. The van der Waals surface area contributed by atoms with Gasteiger partial charge >= 0.3 is 6.09 Å². The molecule has 2 N–H and O–H groups in total. The molecule has 1 heterocycles. The van der Waals surface area contributed by atoms with E-state index in [-0.39, 0.29) is 36.1 Å². The van der Waals surface area contributed by atoms with Gasteiger partial charge < -0.3 is 20.3 Å². The summed E-state index contributed by atoms with van der Waals surface area (Å²) in [6, 6.07) is 0.0909. The third-order valence-electron chi connectivity index (χ3n) is 2.92. The van der Waals surface area contributed by atoms with E-state index in [9.17, 15) is 4.79 Å². The van der Waals surface area contributed by atoms with Gasteiger partial charge in [-0.25, -0.2) is 9.79 Å². The van der Waals surface area contributed by atoms with Crippen molar-refractivity contribution < 1.29 is 9.53 Å². The number of likely N-dealkylation sites (tertiary alicyclic amines) is 1. The van der Waals surface area contributed by atoms with Crippen molar-refractivity contribution >= 4 is 36.0 Å². The van der Waals surface area contributed by atoms with Gasteiger partial charge in [-0.15, -0.1) is 24.0 Å². The second kappa shape index (κ2) is 7.90. The topological polar surface area (TPSA) is 71.2 Å². The number of ether oxygens (including phenoxy) is 1. The van der Waals surface area contributed by atoms with Crippen LogP contribution in [-0.4, -0.2) is 59.7 Å². The Morgan fingerprint density at radius 1 is 1.35 bits per heavy atom. The molecule has 1 fully saturated rings. The first-order valence-electron chi connectivity index (χ1n) is 6.83. The molecule has 20 heavy (non-hydrogen) atoms. The lowest BCUT2D eigenvalue weighted by atomic mass is 10.1. The molecule has 1 saturated heterocycles. The number of hydrogen-bond acceptors (Lipinski definition) is 3. The van der Waals surface area contributed by atoms with Gasteiger partial charge in [-0.05, 0) is 34.6 Å². The van der Waals surface area contributed by atoms with Crippen LogP contribution < -0.4 is 5.73 Å². The Hall–Kier alpha value is -0.730. The second-order valence-corrected chi connectivity index (χ2v) is 5.70. The molecule has 1 amide bonds. The van der Waals surface area contributed by atoms with Crippen LogP contribution in [0, 0.1) is 0 Å². The molecule has 1 aliphatic rings. The molecule has 0 aliphatic carbocycles. The average molecular weight is 398 g/mol. The van der Waals surface area contributed by atoms with E-state index in [1.807, 2.05) is 39.5 Å². The van der Waals surface area contributed by atoms with E-state index in [0.717, 1.165) is 13.1 Å². The molecule has 7 heteroatoms. The maximum atomic E-state index is 11.7. The Morgan fingerprint density at radius 2 is 1.85 bits per heavy atom. The summed E-state index contributed by atoms with van der Waals surface area (Å²) < 4.78 is 5.28. The van der Waals surface area contributed by atoms with E-state index in [0.29, 0.717) is 19.0 Å². The van der Waals surface area contributed by atoms with Crippen molar-refractivity contribution in [3.8, 4) is 0 Å². The number of amides is 1. The zero-order chi connectivity index (χ0) is 14.6. The van der Waals surface area contributed by atoms with Gasteiger partial charge in [0.15, 0.2) is 5.96 Å². The Kier molecular flexibility index (Phi) is 7.61. The van der Waals surface area contributed by atoms with Crippen LogP contribution in [-0.2, 0) is 4.74 Å². The van der Waals surface area contributed by atoms with Crippen molar-refractivity contribution in [1.29, 1.82) is 0 Å². The third kappa shape index (κ3) is 5.72. The fraction of sp³-hybridized carbons (Fsp3) is 0.846. The molecular weight excluding hydrogens is 371 g/mol. The first-order chi connectivity index (χ1) is 8.76. The number of aliphatic imine (C=N–C) groups is 1. The summed E-state index contributed by atoms with van der Waals surface area (Å²) in [4.78, 5) is 19.8. The van der Waals surface area contributed by atoms with Crippen molar-refractivity contribution in [3.05, 3.63) is 0 Å². The van der Waals surface area contributed by atoms with Gasteiger partial charge in [-0.2, -0.15) is 0 Å². The van der Waals surface area contributed by atoms with Gasteiger partial charge in [0.05, 0.1) is 6.04 Å². The molecule has 0 bridgehead atoms. The van der Waals surface area contributed by atoms with E-state index >= 15 is 0 Å². The molecule has 118 valence electrons. The molecule has 0 aromatic rings. The lowest BCUT2D eigenvalue weighted by molar-refractivity contribution is 0.00895. The van der Waals surface area contributed by atoms with Crippen molar-refractivity contribution in [2.24, 2.45) is 10.7 Å². The molecule has 1 aliphatic heterocycles. The van der Waals surface area contributed by atoms with E-state index in [4.69, 9.17) is 10.5 Å². The Balaban J connectivity index is 0.00000361. The quantitative estimate of drug-likeness (QED) is 0.448. The number of nitrogens with two attached hydrogens (primary N) is 1. The largest absolute Gasteiger partial charge is 0.444 e. The molecule has 0 unspecified atom stereocenters. The minimum absolute atomic E-state index is 0. The maximum Gasteiger partial charge on any atom is 0.410 e. The lowest BCUT2D eigenvalue weighted by Gasteiger charge is -2.38. The molecule has 6 nitrogen and oxygen atoms in total. The number of carbonyl (C=O) groups excluding carboxylic acids is 1. The van der Waals surface area contributed by atoms with Gasteiger partial charge in [0.25, 0.3) is 0 Å². The highest BCUT2D eigenvalue weighted by atomic mass is 127. The number of hydrogen-bond donors (Lipinski definition) is 1. The molecular formula is C13H27IN4O2. The minimum atomic E-state index is -0.453. The van der Waals surface area contributed by atoms with E-state index in [1.54, 1.807) is 4.90 Å². The normalized spacial score (nSPS) is 16.2. The van der Waals surface area contributed by atoms with Gasteiger partial charge in [0.1, 0.15) is 5.60 Å². The summed E-state index contributed by atoms with van der Waals surface area (Å²) in [6.07, 6.45) is -0.277. The maximum absolute atomic E-state index is 11.7. The zero-order valence-electron chi connectivity index (χ0n) is 13.0.